The molecule has 2 amide bonds. The zero-order valence-electron chi connectivity index (χ0n) is 17.3. The van der Waals surface area contributed by atoms with Crippen LogP contribution in [0, 0.1) is 0 Å². The molecular weight excluding hydrogens is 419 g/mol. The summed E-state index contributed by atoms with van der Waals surface area (Å²) in [6.07, 6.45) is -2.62. The highest BCUT2D eigenvalue weighted by molar-refractivity contribution is 5.85. The molecule has 4 aromatic rings. The SMILES string of the molecule is Cn1cc(CNC(=O)NCCc2c(C(F)(F)F)[nH]c3ccccc23)c(-c2ccccc2)n1. The van der Waals surface area contributed by atoms with Crippen LogP contribution in [-0.4, -0.2) is 27.3 Å². The summed E-state index contributed by atoms with van der Waals surface area (Å²) in [5.41, 5.74) is 2.33. The number of benzene rings is 2. The Morgan fingerprint density at radius 2 is 1.78 bits per heavy atom. The van der Waals surface area contributed by atoms with Gasteiger partial charge >= 0.3 is 12.2 Å². The average Bonchev–Trinajstić information content (AvgIpc) is 3.33. The highest BCUT2D eigenvalue weighted by Crippen LogP contribution is 2.35. The molecule has 0 atom stereocenters. The number of aryl methyl sites for hydroxylation is 1. The first-order chi connectivity index (χ1) is 15.3. The quantitative estimate of drug-likeness (QED) is 0.408. The molecule has 2 aromatic heterocycles. The normalized spacial score (nSPS) is 11.6. The molecule has 0 aliphatic rings. The van der Waals surface area contributed by atoms with Crippen LogP contribution < -0.4 is 10.6 Å². The molecule has 0 bridgehead atoms. The summed E-state index contributed by atoms with van der Waals surface area (Å²) in [5, 5.41) is 10.3. The summed E-state index contributed by atoms with van der Waals surface area (Å²) < 4.78 is 41.9. The van der Waals surface area contributed by atoms with Gasteiger partial charge in [0.05, 0.1) is 5.69 Å². The number of aromatic nitrogens is 3. The number of halogens is 3. The number of fused-ring (bicyclic) bond motifs is 1. The molecule has 4 rings (SSSR count). The third-order valence-corrected chi connectivity index (χ3v) is 5.15. The lowest BCUT2D eigenvalue weighted by Crippen LogP contribution is -2.36. The van der Waals surface area contributed by atoms with E-state index in [9.17, 15) is 18.0 Å². The number of nitrogens with zero attached hydrogens (tertiary/aromatic N) is 2. The molecule has 0 fully saturated rings. The lowest BCUT2D eigenvalue weighted by atomic mass is 10.1. The first kappa shape index (κ1) is 21.5. The topological polar surface area (TPSA) is 74.7 Å². The largest absolute Gasteiger partial charge is 0.431 e. The smallest absolute Gasteiger partial charge is 0.351 e. The number of H-pyrrole nitrogens is 1. The van der Waals surface area contributed by atoms with Gasteiger partial charge in [0.15, 0.2) is 0 Å². The van der Waals surface area contributed by atoms with Crippen LogP contribution in [0.4, 0.5) is 18.0 Å². The fraction of sp³-hybridized carbons (Fsp3) is 0.217. The summed E-state index contributed by atoms with van der Waals surface area (Å²) in [6.45, 7) is 0.306. The van der Waals surface area contributed by atoms with Crippen molar-refractivity contribution >= 4 is 16.9 Å². The number of hydrogen-bond donors (Lipinski definition) is 3. The molecule has 0 saturated carbocycles. The van der Waals surface area contributed by atoms with Crippen LogP contribution in [0.3, 0.4) is 0 Å². The highest BCUT2D eigenvalue weighted by atomic mass is 19.4. The molecule has 0 aliphatic heterocycles. The van der Waals surface area contributed by atoms with Crippen molar-refractivity contribution in [2.75, 3.05) is 6.54 Å². The number of aromatic amines is 1. The molecule has 3 N–H and O–H groups in total. The van der Waals surface area contributed by atoms with E-state index in [2.05, 4.69) is 20.7 Å². The first-order valence-electron chi connectivity index (χ1n) is 10.1. The van der Waals surface area contributed by atoms with Gasteiger partial charge in [-0.2, -0.15) is 18.3 Å². The number of hydrogen-bond acceptors (Lipinski definition) is 2. The molecule has 166 valence electrons. The number of carbonyl (C=O) groups excluding carboxylic acids is 1. The zero-order valence-corrected chi connectivity index (χ0v) is 17.3. The number of nitrogens with one attached hydrogen (secondary N) is 3. The van der Waals surface area contributed by atoms with Crippen LogP contribution in [0.1, 0.15) is 16.8 Å². The maximum atomic E-state index is 13.4. The van der Waals surface area contributed by atoms with E-state index in [0.29, 0.717) is 10.9 Å². The van der Waals surface area contributed by atoms with Gasteiger partial charge in [-0.15, -0.1) is 0 Å². The van der Waals surface area contributed by atoms with Crippen molar-refractivity contribution in [2.24, 2.45) is 7.05 Å². The van der Waals surface area contributed by atoms with E-state index >= 15 is 0 Å². The van der Waals surface area contributed by atoms with Crippen molar-refractivity contribution in [2.45, 2.75) is 19.1 Å². The monoisotopic (exact) mass is 441 g/mol. The second-order valence-electron chi connectivity index (χ2n) is 7.42. The average molecular weight is 441 g/mol. The summed E-state index contributed by atoms with van der Waals surface area (Å²) in [4.78, 5) is 14.7. The number of carbonyl (C=O) groups is 1. The molecule has 0 radical (unpaired) electrons. The van der Waals surface area contributed by atoms with E-state index in [-0.39, 0.29) is 25.1 Å². The van der Waals surface area contributed by atoms with E-state index in [0.717, 1.165) is 16.8 Å². The molecule has 0 unspecified atom stereocenters. The van der Waals surface area contributed by atoms with Crippen LogP contribution in [-0.2, 0) is 26.2 Å². The highest BCUT2D eigenvalue weighted by Gasteiger charge is 2.36. The lowest BCUT2D eigenvalue weighted by molar-refractivity contribution is -0.141. The Morgan fingerprint density at radius 1 is 1.06 bits per heavy atom. The van der Waals surface area contributed by atoms with Crippen molar-refractivity contribution in [3.8, 4) is 11.3 Å². The predicted octanol–water partition coefficient (Wildman–Crippen LogP) is 4.63. The number of rotatable bonds is 6. The summed E-state index contributed by atoms with van der Waals surface area (Å²) >= 11 is 0. The van der Waals surface area contributed by atoms with Crippen LogP contribution in [0.2, 0.25) is 0 Å². The third kappa shape index (κ3) is 4.61. The standard InChI is InChI=1S/C23H22F3N5O/c1-31-14-16(20(30-31)15-7-3-2-4-8-15)13-28-22(32)27-12-11-18-17-9-5-6-10-19(17)29-21(18)23(24,25)26/h2-10,14,29H,11-13H2,1H3,(H2,27,28,32). The molecular formula is C23H22F3N5O. The molecule has 0 saturated heterocycles. The van der Waals surface area contributed by atoms with Crippen LogP contribution in [0.25, 0.3) is 22.2 Å². The first-order valence-corrected chi connectivity index (χ1v) is 10.1. The van der Waals surface area contributed by atoms with Crippen LogP contribution in [0.15, 0.2) is 60.8 Å². The molecule has 9 heteroatoms. The van der Waals surface area contributed by atoms with E-state index < -0.39 is 17.9 Å². The Bertz CT molecular complexity index is 1230. The van der Waals surface area contributed by atoms with Crippen molar-refractivity contribution in [3.05, 3.63) is 77.6 Å². The van der Waals surface area contributed by atoms with Gasteiger partial charge in [0, 0.05) is 48.4 Å². The predicted molar refractivity (Wildman–Crippen MR) is 116 cm³/mol. The molecule has 2 heterocycles. The minimum absolute atomic E-state index is 0.0500. The third-order valence-electron chi connectivity index (χ3n) is 5.15. The van der Waals surface area contributed by atoms with Gasteiger partial charge in [-0.25, -0.2) is 4.79 Å². The van der Waals surface area contributed by atoms with Gasteiger partial charge in [0.25, 0.3) is 0 Å². The molecule has 32 heavy (non-hydrogen) atoms. The summed E-state index contributed by atoms with van der Waals surface area (Å²) in [5.74, 6) is 0. The molecule has 6 nitrogen and oxygen atoms in total. The Balaban J connectivity index is 1.38. The van der Waals surface area contributed by atoms with Gasteiger partial charge in [-0.3, -0.25) is 4.68 Å². The summed E-state index contributed by atoms with van der Waals surface area (Å²) in [7, 11) is 1.80. The van der Waals surface area contributed by atoms with Gasteiger partial charge < -0.3 is 15.6 Å². The van der Waals surface area contributed by atoms with Crippen LogP contribution in [0.5, 0.6) is 0 Å². The number of alkyl halides is 3. The second kappa shape index (κ2) is 8.78. The summed E-state index contributed by atoms with van der Waals surface area (Å²) in [6, 6.07) is 15.8. The number of para-hydroxylation sites is 1. The lowest BCUT2D eigenvalue weighted by Gasteiger charge is -2.10. The van der Waals surface area contributed by atoms with Gasteiger partial charge in [0.2, 0.25) is 0 Å². The molecule has 2 aromatic carbocycles. The minimum Gasteiger partial charge on any atom is -0.351 e. The maximum Gasteiger partial charge on any atom is 0.431 e. The van der Waals surface area contributed by atoms with Gasteiger partial charge in [-0.05, 0) is 18.1 Å². The fourth-order valence-electron chi connectivity index (χ4n) is 3.75. The Morgan fingerprint density at radius 3 is 2.53 bits per heavy atom. The van der Waals surface area contributed by atoms with Crippen molar-refractivity contribution in [3.63, 3.8) is 0 Å². The second-order valence-corrected chi connectivity index (χ2v) is 7.42. The van der Waals surface area contributed by atoms with Crippen molar-refractivity contribution in [1.29, 1.82) is 0 Å². The van der Waals surface area contributed by atoms with E-state index in [1.54, 1.807) is 36.0 Å². The van der Waals surface area contributed by atoms with E-state index in [1.807, 2.05) is 36.5 Å². The Kier molecular flexibility index (Phi) is 5.89. The Labute approximate surface area is 182 Å². The molecule has 0 aliphatic carbocycles. The number of amides is 2. The van der Waals surface area contributed by atoms with Gasteiger partial charge in [-0.1, -0.05) is 48.5 Å². The van der Waals surface area contributed by atoms with Gasteiger partial charge in [0.1, 0.15) is 5.69 Å². The zero-order chi connectivity index (χ0) is 22.7. The Hall–Kier alpha value is -3.75. The van der Waals surface area contributed by atoms with Crippen molar-refractivity contribution in [1.82, 2.24) is 25.4 Å². The fourth-order valence-corrected chi connectivity index (χ4v) is 3.75. The molecule has 0 spiro atoms. The number of urea groups is 1. The minimum atomic E-state index is -4.50. The van der Waals surface area contributed by atoms with Crippen molar-refractivity contribution < 1.29 is 18.0 Å². The van der Waals surface area contributed by atoms with E-state index in [1.165, 1.54) is 0 Å². The van der Waals surface area contributed by atoms with E-state index in [4.69, 9.17) is 0 Å². The maximum absolute atomic E-state index is 13.4. The van der Waals surface area contributed by atoms with Crippen LogP contribution >= 0.6 is 0 Å².